The molecule has 2 aromatic rings. The Labute approximate surface area is 152 Å². The summed E-state index contributed by atoms with van der Waals surface area (Å²) in [6, 6.07) is 6.86. The second-order valence-electron chi connectivity index (χ2n) is 6.15. The molecule has 0 bridgehead atoms. The van der Waals surface area contributed by atoms with Gasteiger partial charge in [-0.3, -0.25) is 9.59 Å². The highest BCUT2D eigenvalue weighted by Gasteiger charge is 2.27. The molecule has 0 unspecified atom stereocenters. The van der Waals surface area contributed by atoms with Crippen molar-refractivity contribution in [2.75, 3.05) is 13.7 Å². The van der Waals surface area contributed by atoms with Crippen molar-refractivity contribution in [2.45, 2.75) is 32.7 Å². The van der Waals surface area contributed by atoms with Gasteiger partial charge in [0.1, 0.15) is 6.04 Å². The molecule has 0 saturated carbocycles. The predicted octanol–water partition coefficient (Wildman–Crippen LogP) is 1.96. The lowest BCUT2D eigenvalue weighted by Crippen LogP contribution is -2.47. The molecule has 0 radical (unpaired) electrons. The summed E-state index contributed by atoms with van der Waals surface area (Å²) in [6.45, 7) is 3.31. The summed E-state index contributed by atoms with van der Waals surface area (Å²) in [4.78, 5) is 38.9. The standard InChI is InChI=1S/C19H24N2O5/c1-4-12(2)18(19(24)25-3)21-16(22)11-26-17(23)9-13-10-20-15-8-6-5-7-14(13)15/h5-8,10,12,18,20H,4,9,11H2,1-3H3,(H,21,22)/t12-,18-/m0/s1. The van der Waals surface area contributed by atoms with E-state index in [4.69, 9.17) is 9.47 Å². The Morgan fingerprint density at radius 3 is 2.65 bits per heavy atom. The van der Waals surface area contributed by atoms with E-state index in [9.17, 15) is 14.4 Å². The van der Waals surface area contributed by atoms with Gasteiger partial charge in [0.15, 0.2) is 6.61 Å². The van der Waals surface area contributed by atoms with Gasteiger partial charge in [0.05, 0.1) is 13.5 Å². The van der Waals surface area contributed by atoms with E-state index < -0.39 is 30.5 Å². The molecule has 26 heavy (non-hydrogen) atoms. The zero-order valence-electron chi connectivity index (χ0n) is 15.2. The van der Waals surface area contributed by atoms with Gasteiger partial charge in [-0.15, -0.1) is 0 Å². The molecule has 7 nitrogen and oxygen atoms in total. The fourth-order valence-electron chi connectivity index (χ4n) is 2.64. The summed E-state index contributed by atoms with van der Waals surface area (Å²) in [5.41, 5.74) is 1.74. The minimum Gasteiger partial charge on any atom is -0.467 e. The maximum absolute atomic E-state index is 12.0. The number of hydrogen-bond acceptors (Lipinski definition) is 5. The van der Waals surface area contributed by atoms with E-state index in [1.54, 1.807) is 6.20 Å². The van der Waals surface area contributed by atoms with Crippen LogP contribution in [0.15, 0.2) is 30.5 Å². The van der Waals surface area contributed by atoms with Gasteiger partial charge in [-0.05, 0) is 17.5 Å². The van der Waals surface area contributed by atoms with Crippen LogP contribution in [0.1, 0.15) is 25.8 Å². The number of fused-ring (bicyclic) bond motifs is 1. The third kappa shape index (κ3) is 4.84. The number of methoxy groups -OCH3 is 1. The fourth-order valence-corrected chi connectivity index (χ4v) is 2.64. The molecular formula is C19H24N2O5. The molecule has 0 fully saturated rings. The molecule has 2 N–H and O–H groups in total. The molecule has 7 heteroatoms. The van der Waals surface area contributed by atoms with Gasteiger partial charge in [0.2, 0.25) is 0 Å². The van der Waals surface area contributed by atoms with Gasteiger partial charge in [-0.1, -0.05) is 38.5 Å². The van der Waals surface area contributed by atoms with Crippen molar-refractivity contribution in [3.63, 3.8) is 0 Å². The topological polar surface area (TPSA) is 97.5 Å². The van der Waals surface area contributed by atoms with E-state index in [-0.39, 0.29) is 12.3 Å². The number of hydrogen-bond donors (Lipinski definition) is 2. The normalized spacial score (nSPS) is 13.0. The highest BCUT2D eigenvalue weighted by Crippen LogP contribution is 2.18. The maximum Gasteiger partial charge on any atom is 0.328 e. The molecule has 0 spiro atoms. The third-order valence-corrected chi connectivity index (χ3v) is 4.36. The zero-order valence-corrected chi connectivity index (χ0v) is 15.2. The Bertz CT molecular complexity index is 783. The van der Waals surface area contributed by atoms with E-state index in [1.165, 1.54) is 7.11 Å². The minimum atomic E-state index is -0.759. The van der Waals surface area contributed by atoms with Crippen LogP contribution >= 0.6 is 0 Å². The number of aromatic amines is 1. The van der Waals surface area contributed by atoms with Crippen LogP contribution in [0.2, 0.25) is 0 Å². The smallest absolute Gasteiger partial charge is 0.328 e. The lowest BCUT2D eigenvalue weighted by molar-refractivity contribution is -0.150. The first kappa shape index (κ1) is 19.5. The number of carbonyl (C=O) groups is 3. The first-order chi connectivity index (χ1) is 12.5. The van der Waals surface area contributed by atoms with Crippen LogP contribution in [0, 0.1) is 5.92 Å². The van der Waals surface area contributed by atoms with E-state index in [0.717, 1.165) is 16.5 Å². The lowest BCUT2D eigenvalue weighted by atomic mass is 9.99. The van der Waals surface area contributed by atoms with Crippen molar-refractivity contribution < 1.29 is 23.9 Å². The first-order valence-corrected chi connectivity index (χ1v) is 8.54. The molecule has 1 amide bonds. The predicted molar refractivity (Wildman–Crippen MR) is 96.4 cm³/mol. The van der Waals surface area contributed by atoms with Crippen LogP contribution in [-0.4, -0.2) is 42.6 Å². The highest BCUT2D eigenvalue weighted by atomic mass is 16.5. The molecule has 140 valence electrons. The summed E-state index contributed by atoms with van der Waals surface area (Å²) in [5, 5.41) is 3.51. The molecule has 0 saturated heterocycles. The summed E-state index contributed by atoms with van der Waals surface area (Å²) >= 11 is 0. The average Bonchev–Trinajstić information content (AvgIpc) is 3.06. The van der Waals surface area contributed by atoms with E-state index >= 15 is 0 Å². The summed E-state index contributed by atoms with van der Waals surface area (Å²) in [5.74, 6) is -1.65. The van der Waals surface area contributed by atoms with Crippen LogP contribution in [0.25, 0.3) is 10.9 Å². The van der Waals surface area contributed by atoms with Crippen LogP contribution < -0.4 is 5.32 Å². The van der Waals surface area contributed by atoms with Gasteiger partial charge in [-0.25, -0.2) is 4.79 Å². The number of nitrogens with one attached hydrogen (secondary N) is 2. The van der Waals surface area contributed by atoms with Gasteiger partial charge in [-0.2, -0.15) is 0 Å². The van der Waals surface area contributed by atoms with Crippen LogP contribution in [0.5, 0.6) is 0 Å². The number of benzene rings is 1. The number of amides is 1. The number of aromatic nitrogens is 1. The van der Waals surface area contributed by atoms with E-state index in [1.807, 2.05) is 38.1 Å². The Morgan fingerprint density at radius 2 is 1.96 bits per heavy atom. The van der Waals surface area contributed by atoms with Gasteiger partial charge in [0.25, 0.3) is 5.91 Å². The monoisotopic (exact) mass is 360 g/mol. The van der Waals surface area contributed by atoms with Gasteiger partial charge in [0, 0.05) is 17.1 Å². The minimum absolute atomic E-state index is 0.0586. The Morgan fingerprint density at radius 1 is 1.23 bits per heavy atom. The van der Waals surface area contributed by atoms with Crippen LogP contribution in [0.3, 0.4) is 0 Å². The average molecular weight is 360 g/mol. The van der Waals surface area contributed by atoms with Gasteiger partial charge < -0.3 is 19.8 Å². The number of para-hydroxylation sites is 1. The number of ether oxygens (including phenoxy) is 2. The molecule has 2 rings (SSSR count). The van der Waals surface area contributed by atoms with Crippen molar-refractivity contribution in [1.82, 2.24) is 10.3 Å². The largest absolute Gasteiger partial charge is 0.467 e. The molecule has 1 aromatic heterocycles. The summed E-state index contributed by atoms with van der Waals surface area (Å²) < 4.78 is 9.74. The van der Waals surface area contributed by atoms with E-state index in [2.05, 4.69) is 10.3 Å². The highest BCUT2D eigenvalue weighted by molar-refractivity contribution is 5.89. The SMILES string of the molecule is CC[C@H](C)[C@H](NC(=O)COC(=O)Cc1c[nH]c2ccccc12)C(=O)OC. The maximum atomic E-state index is 12.0. The van der Waals surface area contributed by atoms with Crippen molar-refractivity contribution >= 4 is 28.7 Å². The number of H-pyrrole nitrogens is 1. The van der Waals surface area contributed by atoms with Gasteiger partial charge >= 0.3 is 11.9 Å². The van der Waals surface area contributed by atoms with E-state index in [0.29, 0.717) is 6.42 Å². The van der Waals surface area contributed by atoms with Crippen molar-refractivity contribution in [1.29, 1.82) is 0 Å². The van der Waals surface area contributed by atoms with Crippen molar-refractivity contribution in [3.05, 3.63) is 36.0 Å². The molecule has 0 aliphatic rings. The van der Waals surface area contributed by atoms with Crippen molar-refractivity contribution in [3.8, 4) is 0 Å². The zero-order chi connectivity index (χ0) is 19.1. The quantitative estimate of drug-likeness (QED) is 0.701. The Balaban J connectivity index is 1.88. The first-order valence-electron chi connectivity index (χ1n) is 8.54. The number of esters is 2. The molecule has 2 atom stereocenters. The van der Waals surface area contributed by atoms with Crippen LogP contribution in [0.4, 0.5) is 0 Å². The Hall–Kier alpha value is -2.83. The second-order valence-corrected chi connectivity index (χ2v) is 6.15. The molecule has 0 aliphatic heterocycles. The second kappa shape index (κ2) is 9.03. The lowest BCUT2D eigenvalue weighted by Gasteiger charge is -2.21. The number of carbonyl (C=O) groups excluding carboxylic acids is 3. The van der Waals surface area contributed by atoms with Crippen molar-refractivity contribution in [2.24, 2.45) is 5.92 Å². The molecular weight excluding hydrogens is 336 g/mol. The molecule has 1 heterocycles. The molecule has 0 aliphatic carbocycles. The fraction of sp³-hybridized carbons (Fsp3) is 0.421. The Kier molecular flexibility index (Phi) is 6.77. The summed E-state index contributed by atoms with van der Waals surface area (Å²) in [7, 11) is 1.27. The van der Waals surface area contributed by atoms with Crippen LogP contribution in [-0.2, 0) is 30.3 Å². The molecule has 1 aromatic carbocycles. The number of rotatable bonds is 8. The summed E-state index contributed by atoms with van der Waals surface area (Å²) in [6.07, 6.45) is 2.51. The third-order valence-electron chi connectivity index (χ3n) is 4.36.